The van der Waals surface area contributed by atoms with Gasteiger partial charge in [-0.3, -0.25) is 0 Å². The number of rotatable bonds is 3. The maximum atomic E-state index is 10.7. The first-order chi connectivity index (χ1) is 9.74. The van der Waals surface area contributed by atoms with Gasteiger partial charge in [0.25, 0.3) is 0 Å². The third-order valence-corrected chi connectivity index (χ3v) is 3.36. The van der Waals surface area contributed by atoms with E-state index in [4.69, 9.17) is 5.11 Å². The molecule has 20 heavy (non-hydrogen) atoms. The second kappa shape index (κ2) is 5.17. The summed E-state index contributed by atoms with van der Waals surface area (Å²) in [7, 11) is 0. The zero-order valence-electron chi connectivity index (χ0n) is 10.9. The van der Waals surface area contributed by atoms with Crippen LogP contribution in [0, 0.1) is 0 Å². The number of fused-ring (bicyclic) bond motifs is 1. The third kappa shape index (κ3) is 2.40. The number of aromatic nitrogens is 1. The SMILES string of the molecule is O=C(O)/C=C/c1cccnc1N1Cc2ccccc2C1. The average molecular weight is 266 g/mol. The Hall–Kier alpha value is -2.62. The summed E-state index contributed by atoms with van der Waals surface area (Å²) in [5.41, 5.74) is 3.42. The molecule has 0 spiro atoms. The quantitative estimate of drug-likeness (QED) is 0.868. The molecular formula is C16H14N2O2. The molecule has 0 bridgehead atoms. The van der Waals surface area contributed by atoms with Crippen molar-refractivity contribution in [2.75, 3.05) is 4.90 Å². The van der Waals surface area contributed by atoms with E-state index < -0.39 is 5.97 Å². The first kappa shape index (κ1) is 12.4. The lowest BCUT2D eigenvalue weighted by molar-refractivity contribution is -0.131. The van der Waals surface area contributed by atoms with Gasteiger partial charge in [0.05, 0.1) is 0 Å². The van der Waals surface area contributed by atoms with E-state index in [1.54, 1.807) is 12.3 Å². The molecule has 4 nitrogen and oxygen atoms in total. The molecule has 2 aromatic rings. The van der Waals surface area contributed by atoms with Gasteiger partial charge in [0.1, 0.15) is 5.82 Å². The Kier molecular flexibility index (Phi) is 3.21. The maximum absolute atomic E-state index is 10.7. The van der Waals surface area contributed by atoms with Crippen LogP contribution in [0.3, 0.4) is 0 Å². The van der Waals surface area contributed by atoms with Crippen LogP contribution in [-0.2, 0) is 17.9 Å². The molecule has 2 heterocycles. The minimum atomic E-state index is -0.954. The molecule has 1 aromatic carbocycles. The molecule has 1 N–H and O–H groups in total. The van der Waals surface area contributed by atoms with Crippen molar-refractivity contribution in [2.24, 2.45) is 0 Å². The summed E-state index contributed by atoms with van der Waals surface area (Å²) < 4.78 is 0. The molecule has 0 aliphatic carbocycles. The molecule has 3 rings (SSSR count). The van der Waals surface area contributed by atoms with Crippen molar-refractivity contribution < 1.29 is 9.90 Å². The van der Waals surface area contributed by atoms with Gasteiger partial charge in [-0.2, -0.15) is 0 Å². The zero-order chi connectivity index (χ0) is 13.9. The van der Waals surface area contributed by atoms with Crippen LogP contribution in [0.2, 0.25) is 0 Å². The van der Waals surface area contributed by atoms with Gasteiger partial charge in [-0.1, -0.05) is 24.3 Å². The van der Waals surface area contributed by atoms with Gasteiger partial charge in [-0.15, -0.1) is 0 Å². The molecule has 1 aliphatic heterocycles. The number of carboxylic acid groups (broad SMARTS) is 1. The van der Waals surface area contributed by atoms with Crippen LogP contribution < -0.4 is 4.90 Å². The zero-order valence-corrected chi connectivity index (χ0v) is 10.9. The lowest BCUT2D eigenvalue weighted by Crippen LogP contribution is -2.17. The highest BCUT2D eigenvalue weighted by Gasteiger charge is 2.20. The summed E-state index contributed by atoms with van der Waals surface area (Å²) in [4.78, 5) is 17.2. The number of hydrogen-bond donors (Lipinski definition) is 1. The molecule has 0 amide bonds. The van der Waals surface area contributed by atoms with Gasteiger partial charge in [0, 0.05) is 30.9 Å². The summed E-state index contributed by atoms with van der Waals surface area (Å²) >= 11 is 0. The van der Waals surface area contributed by atoms with Crippen LogP contribution in [0.25, 0.3) is 6.08 Å². The number of aliphatic carboxylic acids is 1. The maximum Gasteiger partial charge on any atom is 0.328 e. The van der Waals surface area contributed by atoms with E-state index in [1.165, 1.54) is 11.1 Å². The fourth-order valence-corrected chi connectivity index (χ4v) is 2.45. The Morgan fingerprint density at radius 1 is 1.15 bits per heavy atom. The van der Waals surface area contributed by atoms with Crippen molar-refractivity contribution in [3.8, 4) is 0 Å². The fraction of sp³-hybridized carbons (Fsp3) is 0.125. The van der Waals surface area contributed by atoms with E-state index in [2.05, 4.69) is 22.0 Å². The number of hydrogen-bond acceptors (Lipinski definition) is 3. The highest BCUT2D eigenvalue weighted by molar-refractivity contribution is 5.86. The van der Waals surface area contributed by atoms with E-state index in [1.807, 2.05) is 24.3 Å². The van der Waals surface area contributed by atoms with Gasteiger partial charge < -0.3 is 10.0 Å². The summed E-state index contributed by atoms with van der Waals surface area (Å²) in [6.07, 6.45) is 4.47. The minimum Gasteiger partial charge on any atom is -0.478 e. The molecule has 0 saturated heterocycles. The Balaban J connectivity index is 1.91. The van der Waals surface area contributed by atoms with Crippen molar-refractivity contribution in [3.05, 3.63) is 65.4 Å². The molecule has 100 valence electrons. The van der Waals surface area contributed by atoms with Crippen molar-refractivity contribution in [1.29, 1.82) is 0 Å². The second-order valence-corrected chi connectivity index (χ2v) is 4.71. The number of anilines is 1. The van der Waals surface area contributed by atoms with E-state index >= 15 is 0 Å². The largest absolute Gasteiger partial charge is 0.478 e. The number of carbonyl (C=O) groups is 1. The fourth-order valence-electron chi connectivity index (χ4n) is 2.45. The highest BCUT2D eigenvalue weighted by Crippen LogP contribution is 2.29. The summed E-state index contributed by atoms with van der Waals surface area (Å²) in [6, 6.07) is 12.0. The van der Waals surface area contributed by atoms with Gasteiger partial charge in [-0.25, -0.2) is 9.78 Å². The predicted octanol–water partition coefficient (Wildman–Crippen LogP) is 2.70. The topological polar surface area (TPSA) is 53.4 Å². The normalized spacial score (nSPS) is 13.7. The standard InChI is InChI=1S/C16H14N2O2/c19-15(20)8-7-12-6-3-9-17-16(12)18-10-13-4-1-2-5-14(13)11-18/h1-9H,10-11H2,(H,19,20)/b8-7+. The molecule has 0 saturated carbocycles. The summed E-state index contributed by atoms with van der Waals surface area (Å²) in [5.74, 6) is -0.134. The van der Waals surface area contributed by atoms with E-state index in [0.717, 1.165) is 30.5 Å². The lowest BCUT2D eigenvalue weighted by atomic mass is 10.1. The second-order valence-electron chi connectivity index (χ2n) is 4.71. The first-order valence-electron chi connectivity index (χ1n) is 6.42. The van der Waals surface area contributed by atoms with Crippen LogP contribution >= 0.6 is 0 Å². The Labute approximate surface area is 117 Å². The average Bonchev–Trinajstić information content (AvgIpc) is 2.89. The molecule has 0 unspecified atom stereocenters. The van der Waals surface area contributed by atoms with Crippen LogP contribution in [0.15, 0.2) is 48.7 Å². The van der Waals surface area contributed by atoms with Gasteiger partial charge in [0.2, 0.25) is 0 Å². The van der Waals surface area contributed by atoms with E-state index in [-0.39, 0.29) is 0 Å². The van der Waals surface area contributed by atoms with Crippen LogP contribution in [-0.4, -0.2) is 16.1 Å². The van der Waals surface area contributed by atoms with Gasteiger partial charge in [-0.05, 0) is 29.3 Å². The minimum absolute atomic E-state index is 0.807. The van der Waals surface area contributed by atoms with Crippen molar-refractivity contribution in [3.63, 3.8) is 0 Å². The predicted molar refractivity (Wildman–Crippen MR) is 77.2 cm³/mol. The number of pyridine rings is 1. The Morgan fingerprint density at radius 2 is 1.85 bits per heavy atom. The van der Waals surface area contributed by atoms with Crippen LogP contribution in [0.1, 0.15) is 16.7 Å². The van der Waals surface area contributed by atoms with Gasteiger partial charge in [0.15, 0.2) is 0 Å². The van der Waals surface area contributed by atoms with E-state index in [0.29, 0.717) is 0 Å². The Morgan fingerprint density at radius 3 is 2.50 bits per heavy atom. The molecule has 0 radical (unpaired) electrons. The molecule has 0 fully saturated rings. The number of nitrogens with zero attached hydrogens (tertiary/aromatic N) is 2. The summed E-state index contributed by atoms with van der Waals surface area (Å²) in [5, 5.41) is 8.75. The van der Waals surface area contributed by atoms with Crippen LogP contribution in [0.4, 0.5) is 5.82 Å². The first-order valence-corrected chi connectivity index (χ1v) is 6.42. The lowest BCUT2D eigenvalue weighted by Gasteiger charge is -2.18. The molecule has 1 aliphatic rings. The van der Waals surface area contributed by atoms with E-state index in [9.17, 15) is 4.79 Å². The molecule has 0 atom stereocenters. The van der Waals surface area contributed by atoms with Gasteiger partial charge >= 0.3 is 5.97 Å². The third-order valence-electron chi connectivity index (χ3n) is 3.36. The number of benzene rings is 1. The van der Waals surface area contributed by atoms with Crippen molar-refractivity contribution in [2.45, 2.75) is 13.1 Å². The molecule has 1 aromatic heterocycles. The molecule has 4 heteroatoms. The monoisotopic (exact) mass is 266 g/mol. The smallest absolute Gasteiger partial charge is 0.328 e. The summed E-state index contributed by atoms with van der Waals surface area (Å²) in [6.45, 7) is 1.61. The highest BCUT2D eigenvalue weighted by atomic mass is 16.4. The van der Waals surface area contributed by atoms with Crippen molar-refractivity contribution in [1.82, 2.24) is 4.98 Å². The van der Waals surface area contributed by atoms with Crippen molar-refractivity contribution >= 4 is 17.9 Å². The molecular weight excluding hydrogens is 252 g/mol. The number of carboxylic acids is 1. The van der Waals surface area contributed by atoms with Crippen LogP contribution in [0.5, 0.6) is 0 Å². The Bertz CT molecular complexity index is 655.